The number of hydrogen-bond acceptors (Lipinski definition) is 7. The fourth-order valence-electron chi connectivity index (χ4n) is 3.00. The lowest BCUT2D eigenvalue weighted by atomic mass is 10.2. The van der Waals surface area contributed by atoms with Crippen LogP contribution in [0.4, 0.5) is 32.2 Å². The maximum absolute atomic E-state index is 12.6. The summed E-state index contributed by atoms with van der Waals surface area (Å²) in [5.74, 6) is -4.93. The molecular formula is C22H21F6N5O5S. The Morgan fingerprint density at radius 2 is 1.67 bits per heavy atom. The van der Waals surface area contributed by atoms with Crippen molar-refractivity contribution in [3.05, 3.63) is 64.2 Å². The number of anilines is 1. The molecule has 1 unspecified atom stereocenters. The number of pyridine rings is 1. The van der Waals surface area contributed by atoms with Crippen LogP contribution in [0.2, 0.25) is 0 Å². The number of thiophene rings is 1. The molecule has 0 aliphatic carbocycles. The predicted molar refractivity (Wildman–Crippen MR) is 125 cm³/mol. The maximum atomic E-state index is 12.6. The summed E-state index contributed by atoms with van der Waals surface area (Å²) >= 11 is 1.56. The van der Waals surface area contributed by atoms with Crippen molar-refractivity contribution in [3.63, 3.8) is 0 Å². The molecular weight excluding hydrogens is 560 g/mol. The van der Waals surface area contributed by atoms with Crippen molar-refractivity contribution in [2.45, 2.75) is 37.8 Å². The number of aromatic nitrogens is 3. The summed E-state index contributed by atoms with van der Waals surface area (Å²) in [5, 5.41) is 25.0. The number of carboxylic acid groups (broad SMARTS) is 2. The van der Waals surface area contributed by atoms with E-state index in [2.05, 4.69) is 26.8 Å². The summed E-state index contributed by atoms with van der Waals surface area (Å²) in [5.41, 5.74) is 1.03. The second-order valence-corrected chi connectivity index (χ2v) is 8.76. The molecule has 1 fully saturated rings. The molecule has 10 nitrogen and oxygen atoms in total. The maximum Gasteiger partial charge on any atom is 0.490 e. The molecule has 1 atom stereocenters. The largest absolute Gasteiger partial charge is 0.490 e. The molecule has 4 rings (SSSR count). The zero-order valence-corrected chi connectivity index (χ0v) is 20.5. The van der Waals surface area contributed by atoms with Crippen LogP contribution in [0, 0.1) is 0 Å². The van der Waals surface area contributed by atoms with Crippen LogP contribution in [-0.4, -0.2) is 61.7 Å². The lowest BCUT2D eigenvalue weighted by molar-refractivity contribution is -0.193. The normalized spacial score (nSPS) is 14.9. The Morgan fingerprint density at radius 3 is 2.18 bits per heavy atom. The number of carboxylic acids is 2. The summed E-state index contributed by atoms with van der Waals surface area (Å²) in [6.07, 6.45) is -2.61. The number of nitrogens with zero attached hydrogens (tertiary/aromatic N) is 3. The number of alkyl halides is 6. The van der Waals surface area contributed by atoms with Gasteiger partial charge in [-0.1, -0.05) is 6.07 Å². The third-order valence-electron chi connectivity index (χ3n) is 4.75. The van der Waals surface area contributed by atoms with Gasteiger partial charge in [0.2, 0.25) is 0 Å². The highest BCUT2D eigenvalue weighted by atomic mass is 32.1. The Balaban J connectivity index is 0.000000317. The molecule has 0 radical (unpaired) electrons. The molecule has 3 aromatic heterocycles. The molecule has 4 N–H and O–H groups in total. The molecule has 1 aliphatic rings. The van der Waals surface area contributed by atoms with E-state index in [9.17, 15) is 31.1 Å². The molecule has 39 heavy (non-hydrogen) atoms. The molecule has 1 amide bonds. The first-order valence-corrected chi connectivity index (χ1v) is 11.7. The number of halogens is 6. The number of carbonyl (C=O) groups is 3. The summed E-state index contributed by atoms with van der Waals surface area (Å²) in [4.78, 5) is 36.4. The highest BCUT2D eigenvalue weighted by Crippen LogP contribution is 2.29. The third kappa shape index (κ3) is 10.4. The van der Waals surface area contributed by atoms with Crippen LogP contribution in [0.15, 0.2) is 48.9 Å². The van der Waals surface area contributed by atoms with Crippen LogP contribution >= 0.6 is 11.3 Å². The predicted octanol–water partition coefficient (Wildman–Crippen LogP) is 4.33. The molecule has 1 aliphatic heterocycles. The van der Waals surface area contributed by atoms with E-state index >= 15 is 0 Å². The van der Waals surface area contributed by atoms with Crippen LogP contribution in [0.25, 0.3) is 0 Å². The molecule has 212 valence electrons. The van der Waals surface area contributed by atoms with Gasteiger partial charge >= 0.3 is 24.3 Å². The zero-order chi connectivity index (χ0) is 29.2. The van der Waals surface area contributed by atoms with E-state index in [-0.39, 0.29) is 5.91 Å². The topological polar surface area (TPSA) is 146 Å². The van der Waals surface area contributed by atoms with Crippen LogP contribution in [-0.2, 0) is 16.1 Å². The zero-order valence-electron chi connectivity index (χ0n) is 19.7. The minimum Gasteiger partial charge on any atom is -0.475 e. The van der Waals surface area contributed by atoms with Gasteiger partial charge in [-0.25, -0.2) is 14.3 Å². The van der Waals surface area contributed by atoms with Crippen molar-refractivity contribution in [2.75, 3.05) is 11.9 Å². The van der Waals surface area contributed by atoms with Gasteiger partial charge in [0.25, 0.3) is 5.91 Å². The van der Waals surface area contributed by atoms with Gasteiger partial charge < -0.3 is 20.8 Å². The van der Waals surface area contributed by atoms with Gasteiger partial charge in [-0.15, -0.1) is 11.3 Å². The van der Waals surface area contributed by atoms with E-state index in [0.717, 1.165) is 23.4 Å². The first-order chi connectivity index (χ1) is 18.2. The quantitative estimate of drug-likeness (QED) is 0.326. The minimum absolute atomic E-state index is 0.0952. The Labute approximate surface area is 220 Å². The van der Waals surface area contributed by atoms with Gasteiger partial charge in [0.15, 0.2) is 0 Å². The molecule has 3 aromatic rings. The molecule has 0 aromatic carbocycles. The first kappa shape index (κ1) is 31.2. The van der Waals surface area contributed by atoms with E-state index in [4.69, 9.17) is 19.8 Å². The monoisotopic (exact) mass is 581 g/mol. The van der Waals surface area contributed by atoms with E-state index in [1.54, 1.807) is 40.7 Å². The van der Waals surface area contributed by atoms with Crippen molar-refractivity contribution < 1.29 is 50.9 Å². The van der Waals surface area contributed by atoms with Gasteiger partial charge in [0, 0.05) is 29.4 Å². The highest BCUT2D eigenvalue weighted by molar-refractivity contribution is 7.14. The first-order valence-electron chi connectivity index (χ1n) is 10.8. The Hall–Kier alpha value is -3.99. The molecule has 0 saturated carbocycles. The summed E-state index contributed by atoms with van der Waals surface area (Å²) < 4.78 is 65.2. The van der Waals surface area contributed by atoms with Gasteiger partial charge in [-0.3, -0.25) is 9.78 Å². The van der Waals surface area contributed by atoms with Gasteiger partial charge in [0.05, 0.1) is 17.6 Å². The van der Waals surface area contributed by atoms with E-state index in [1.807, 2.05) is 18.2 Å². The van der Waals surface area contributed by atoms with E-state index in [1.165, 1.54) is 11.3 Å². The van der Waals surface area contributed by atoms with Crippen molar-refractivity contribution in [3.8, 4) is 0 Å². The molecule has 4 heterocycles. The standard InChI is InChI=1S/C18H19N5OS.2C2HF3O2/c24-18(16-6-5-15(25-16)14-4-2-9-20-14)22-17-7-10-21-23(17)12-13-3-1-8-19-11-13;2*3-2(4,5)1(6)7/h1,3,5-8,10-11,14,20H,2,4,9,12H2,(H,22,24);2*(H,6,7). The lowest BCUT2D eigenvalue weighted by Crippen LogP contribution is -2.21. The van der Waals surface area contributed by atoms with Gasteiger partial charge in [-0.05, 0) is 43.1 Å². The molecule has 0 spiro atoms. The molecule has 1 saturated heterocycles. The van der Waals surface area contributed by atoms with Crippen molar-refractivity contribution in [1.82, 2.24) is 20.1 Å². The number of hydrogen-bond donors (Lipinski definition) is 4. The number of aliphatic carboxylic acids is 2. The Kier molecular flexibility index (Phi) is 11.0. The van der Waals surface area contributed by atoms with Crippen molar-refractivity contribution in [1.29, 1.82) is 0 Å². The lowest BCUT2D eigenvalue weighted by Gasteiger charge is -2.08. The fraction of sp³-hybridized carbons (Fsp3) is 0.318. The SMILES string of the molecule is O=C(Nc1ccnn1Cc1cccnc1)c1ccc(C2CCCN2)s1.O=C(O)C(F)(F)F.O=C(O)C(F)(F)F. The fourth-order valence-corrected chi connectivity index (χ4v) is 4.01. The van der Waals surface area contributed by atoms with Crippen molar-refractivity contribution in [2.24, 2.45) is 0 Å². The average Bonchev–Trinajstić information content (AvgIpc) is 3.62. The second-order valence-electron chi connectivity index (χ2n) is 7.65. The average molecular weight is 581 g/mol. The van der Waals surface area contributed by atoms with Crippen LogP contribution in [0.3, 0.4) is 0 Å². The minimum atomic E-state index is -5.08. The van der Waals surface area contributed by atoms with Crippen LogP contribution in [0.1, 0.15) is 39.0 Å². The van der Waals surface area contributed by atoms with Gasteiger partial charge in [0.1, 0.15) is 5.82 Å². The number of carbonyl (C=O) groups excluding carboxylic acids is 1. The second kappa shape index (κ2) is 13.7. The number of rotatable bonds is 5. The van der Waals surface area contributed by atoms with E-state index < -0.39 is 24.3 Å². The molecule has 0 bridgehead atoms. The summed E-state index contributed by atoms with van der Waals surface area (Å²) in [7, 11) is 0. The Bertz CT molecular complexity index is 1220. The van der Waals surface area contributed by atoms with Gasteiger partial charge in [-0.2, -0.15) is 31.4 Å². The number of nitrogens with one attached hydrogen (secondary N) is 2. The summed E-state index contributed by atoms with van der Waals surface area (Å²) in [6, 6.07) is 10.0. The third-order valence-corrected chi connectivity index (χ3v) is 5.95. The highest BCUT2D eigenvalue weighted by Gasteiger charge is 2.38. The smallest absolute Gasteiger partial charge is 0.475 e. The van der Waals surface area contributed by atoms with E-state index in [0.29, 0.717) is 18.4 Å². The van der Waals surface area contributed by atoms with Crippen LogP contribution in [0.5, 0.6) is 0 Å². The van der Waals surface area contributed by atoms with Crippen molar-refractivity contribution >= 4 is 35.0 Å². The number of amides is 1. The Morgan fingerprint density at radius 1 is 1.03 bits per heavy atom. The van der Waals surface area contributed by atoms with Crippen LogP contribution < -0.4 is 10.6 Å². The molecule has 17 heteroatoms. The summed E-state index contributed by atoms with van der Waals surface area (Å²) in [6.45, 7) is 1.62.